The fourth-order valence-corrected chi connectivity index (χ4v) is 0.374. The van der Waals surface area contributed by atoms with Crippen molar-refractivity contribution >= 4 is 11.6 Å². The van der Waals surface area contributed by atoms with Crippen LogP contribution in [0.25, 0.3) is 0 Å². The van der Waals surface area contributed by atoms with Crippen molar-refractivity contribution in [2.75, 3.05) is 27.0 Å². The van der Waals surface area contributed by atoms with Crippen molar-refractivity contribution in [2.24, 2.45) is 0 Å². The fourth-order valence-electron chi connectivity index (χ4n) is 0.374. The number of alkyl halides is 1. The molecule has 1 nitrogen and oxygen atoms in total. The Morgan fingerprint density at radius 2 is 1.58 bits per heavy atom. The highest BCUT2D eigenvalue weighted by atomic mass is 35.5. The summed E-state index contributed by atoms with van der Waals surface area (Å²) >= 11 is 4.64. The average molecular weight is 186 g/mol. The molecule has 2 heteroatoms. The van der Waals surface area contributed by atoms with E-state index in [2.05, 4.69) is 35.3 Å². The van der Waals surface area contributed by atoms with Gasteiger partial charge in [-0.05, 0) is 25.9 Å². The maximum absolute atomic E-state index is 4.64. The van der Waals surface area contributed by atoms with E-state index in [1.54, 1.807) is 0 Å². The van der Waals surface area contributed by atoms with Crippen LogP contribution in [0.3, 0.4) is 0 Å². The minimum atomic E-state index is 0.790. The van der Waals surface area contributed by atoms with E-state index >= 15 is 0 Å². The molecule has 0 N–H and O–H groups in total. The van der Waals surface area contributed by atoms with E-state index in [9.17, 15) is 0 Å². The molecule has 0 aromatic rings. The quantitative estimate of drug-likeness (QED) is 0.445. The van der Waals surface area contributed by atoms with Gasteiger partial charge in [-0.1, -0.05) is 18.8 Å². The first-order chi connectivity index (χ1) is 5.77. The summed E-state index contributed by atoms with van der Waals surface area (Å²) in [6.45, 7) is 2.80. The predicted molar refractivity (Wildman–Crippen MR) is 56.2 cm³/mol. The van der Waals surface area contributed by atoms with Crippen molar-refractivity contribution in [3.8, 4) is 23.7 Å². The maximum atomic E-state index is 4.64. The first-order valence-corrected chi connectivity index (χ1v) is 4.51. The summed E-state index contributed by atoms with van der Waals surface area (Å²) < 4.78 is 0. The van der Waals surface area contributed by atoms with Crippen LogP contribution in [0, 0.1) is 23.7 Å². The topological polar surface area (TPSA) is 3.24 Å². The Bertz CT molecular complexity index is 187. The smallest absolute Gasteiger partial charge is 0.0606 e. The van der Waals surface area contributed by atoms with Crippen molar-refractivity contribution in [3.05, 3.63) is 0 Å². The number of hydrogen-bond acceptors (Lipinski definition) is 1. The molecule has 0 heterocycles. The zero-order valence-corrected chi connectivity index (χ0v) is 9.00. The summed E-state index contributed by atoms with van der Waals surface area (Å²) in [5.41, 5.74) is 0. The first kappa shape index (κ1) is 13.9. The van der Waals surface area contributed by atoms with Crippen LogP contribution in [0.15, 0.2) is 0 Å². The third-order valence-electron chi connectivity index (χ3n) is 0.811. The molecule has 0 aliphatic rings. The van der Waals surface area contributed by atoms with Crippen LogP contribution in [-0.2, 0) is 0 Å². The number of halogens is 1. The van der Waals surface area contributed by atoms with Gasteiger partial charge < -0.3 is 0 Å². The van der Waals surface area contributed by atoms with Crippen LogP contribution >= 0.6 is 11.6 Å². The number of nitrogens with zero attached hydrogens (tertiary/aromatic N) is 1. The summed E-state index contributed by atoms with van der Waals surface area (Å²) in [7, 11) is 3.98. The Labute approximate surface area is 81.1 Å². The monoisotopic (exact) mass is 185 g/mol. The van der Waals surface area contributed by atoms with Gasteiger partial charge in [-0.15, -0.1) is 11.6 Å². The standard InChI is InChI=1S/C9H13N.CH3Cl/c1-4-5-6-7-8-9-10(2)3;1-2/h4,9H2,1-3H3;1H3. The molecule has 0 amide bonds. The van der Waals surface area contributed by atoms with Gasteiger partial charge in [0.25, 0.3) is 0 Å². The summed E-state index contributed by atoms with van der Waals surface area (Å²) in [4.78, 5) is 2.01. The lowest BCUT2D eigenvalue weighted by atomic mass is 10.4. The van der Waals surface area contributed by atoms with E-state index in [0.29, 0.717) is 0 Å². The van der Waals surface area contributed by atoms with E-state index in [1.165, 1.54) is 6.38 Å². The molecule has 0 atom stereocenters. The van der Waals surface area contributed by atoms with Crippen LogP contribution < -0.4 is 0 Å². The molecule has 0 radical (unpaired) electrons. The van der Waals surface area contributed by atoms with Crippen molar-refractivity contribution in [1.29, 1.82) is 0 Å². The van der Waals surface area contributed by atoms with Crippen LogP contribution in [-0.4, -0.2) is 31.9 Å². The molecule has 0 aliphatic carbocycles. The minimum absolute atomic E-state index is 0.790. The van der Waals surface area contributed by atoms with Crippen molar-refractivity contribution in [3.63, 3.8) is 0 Å². The molecular formula is C10H16ClN. The van der Waals surface area contributed by atoms with E-state index in [-0.39, 0.29) is 0 Å². The lowest BCUT2D eigenvalue weighted by molar-refractivity contribution is 0.464. The normalized spacial score (nSPS) is 6.83. The van der Waals surface area contributed by atoms with Crippen molar-refractivity contribution < 1.29 is 0 Å². The highest BCUT2D eigenvalue weighted by Crippen LogP contribution is 1.69. The lowest BCUT2D eigenvalue weighted by Gasteiger charge is -1.99. The molecule has 0 saturated carbocycles. The second-order valence-corrected chi connectivity index (χ2v) is 2.19. The molecule has 0 unspecified atom stereocenters. The van der Waals surface area contributed by atoms with Gasteiger partial charge >= 0.3 is 0 Å². The van der Waals surface area contributed by atoms with Gasteiger partial charge in [-0.2, -0.15) is 0 Å². The van der Waals surface area contributed by atoms with Gasteiger partial charge in [0.05, 0.1) is 6.54 Å². The molecule has 0 saturated heterocycles. The van der Waals surface area contributed by atoms with E-state index in [4.69, 9.17) is 0 Å². The van der Waals surface area contributed by atoms with E-state index in [1.807, 2.05) is 25.9 Å². The molecule has 0 aromatic carbocycles. The molecule has 0 aromatic heterocycles. The molecule has 12 heavy (non-hydrogen) atoms. The van der Waals surface area contributed by atoms with Crippen LogP contribution in [0.2, 0.25) is 0 Å². The van der Waals surface area contributed by atoms with Gasteiger partial charge in [0.2, 0.25) is 0 Å². The Kier molecular flexibility index (Phi) is 15.1. The highest BCUT2D eigenvalue weighted by molar-refractivity contribution is 6.15. The lowest BCUT2D eigenvalue weighted by Crippen LogP contribution is -2.10. The molecular weight excluding hydrogens is 170 g/mol. The summed E-state index contributed by atoms with van der Waals surface area (Å²) in [5.74, 6) is 11.3. The molecule has 0 rings (SSSR count). The van der Waals surface area contributed by atoms with E-state index < -0.39 is 0 Å². The van der Waals surface area contributed by atoms with Gasteiger partial charge in [-0.3, -0.25) is 4.90 Å². The molecule has 0 spiro atoms. The maximum Gasteiger partial charge on any atom is 0.0606 e. The van der Waals surface area contributed by atoms with Crippen LogP contribution in [0.4, 0.5) is 0 Å². The van der Waals surface area contributed by atoms with Gasteiger partial charge in [0, 0.05) is 12.8 Å². The zero-order valence-electron chi connectivity index (χ0n) is 8.24. The zero-order chi connectivity index (χ0) is 9.82. The minimum Gasteiger partial charge on any atom is -0.298 e. The van der Waals surface area contributed by atoms with Gasteiger partial charge in [0.1, 0.15) is 0 Å². The number of hydrogen-bond donors (Lipinski definition) is 0. The first-order valence-electron chi connectivity index (χ1n) is 3.75. The Morgan fingerprint density at radius 3 is 2.00 bits per heavy atom. The summed E-state index contributed by atoms with van der Waals surface area (Å²) in [6, 6.07) is 0. The molecule has 0 bridgehead atoms. The third-order valence-corrected chi connectivity index (χ3v) is 0.811. The molecule has 0 fully saturated rings. The van der Waals surface area contributed by atoms with Crippen molar-refractivity contribution in [2.45, 2.75) is 13.3 Å². The third kappa shape index (κ3) is 16.2. The van der Waals surface area contributed by atoms with Gasteiger partial charge in [0.15, 0.2) is 0 Å². The van der Waals surface area contributed by atoms with E-state index in [0.717, 1.165) is 13.0 Å². The largest absolute Gasteiger partial charge is 0.298 e. The van der Waals surface area contributed by atoms with Crippen molar-refractivity contribution in [1.82, 2.24) is 4.90 Å². The summed E-state index contributed by atoms with van der Waals surface area (Å²) in [6.07, 6.45) is 2.36. The number of rotatable bonds is 1. The molecule has 0 aliphatic heterocycles. The Balaban J connectivity index is 0. The fraction of sp³-hybridized carbons (Fsp3) is 0.600. The second kappa shape index (κ2) is 13.0. The summed E-state index contributed by atoms with van der Waals surface area (Å²) in [5, 5.41) is 0. The highest BCUT2D eigenvalue weighted by Gasteiger charge is 1.77. The Hall–Kier alpha value is -0.630. The van der Waals surface area contributed by atoms with Crippen LogP contribution in [0.5, 0.6) is 0 Å². The predicted octanol–water partition coefficient (Wildman–Crippen LogP) is 1.82. The van der Waals surface area contributed by atoms with Gasteiger partial charge in [-0.25, -0.2) is 0 Å². The second-order valence-electron chi connectivity index (χ2n) is 2.19. The average Bonchev–Trinajstić information content (AvgIpc) is 2.07. The SMILES string of the molecule is CCC#CC#CCN(C)C.CCl. The molecule has 68 valence electrons. The van der Waals surface area contributed by atoms with Crippen LogP contribution in [0.1, 0.15) is 13.3 Å². The Morgan fingerprint density at radius 1 is 1.08 bits per heavy atom.